The zero-order valence-electron chi connectivity index (χ0n) is 32.7. The predicted octanol–water partition coefficient (Wildman–Crippen LogP) is 7.21. The molecule has 0 amide bonds. The van der Waals surface area contributed by atoms with E-state index in [1.165, 1.54) is 33.0 Å². The molecule has 0 fully saturated rings. The Hall–Kier alpha value is -7.68. The largest absolute Gasteiger partial charge is 0.329 e. The van der Waals surface area contributed by atoms with E-state index in [0.29, 0.717) is 25.7 Å². The maximum Gasteiger partial charge on any atom is 0.271 e. The molecular weight excluding hydrogens is 758 g/mol. The number of unbranched alkanes of at least 4 members (excludes halogenated alkanes) is 2. The van der Waals surface area contributed by atoms with Gasteiger partial charge in [0, 0.05) is 48.5 Å². The van der Waals surface area contributed by atoms with Gasteiger partial charge < -0.3 is 9.05 Å². The molecule has 0 bridgehead atoms. The Morgan fingerprint density at radius 1 is 0.690 bits per heavy atom. The van der Waals surface area contributed by atoms with E-state index < -0.39 is 32.3 Å². The minimum atomic E-state index is -0.713. The van der Waals surface area contributed by atoms with Crippen LogP contribution in [0, 0.1) is 56.7 Å². The number of aromatic nitrogens is 7. The van der Waals surface area contributed by atoms with Crippen LogP contribution in [-0.2, 0) is 20.1 Å². The second-order valence-electron chi connectivity index (χ2n) is 12.2. The van der Waals surface area contributed by atoms with Gasteiger partial charge >= 0.3 is 0 Å². The number of nitro groups is 2. The summed E-state index contributed by atoms with van der Waals surface area (Å²) in [6.45, 7) is 10.7. The second kappa shape index (κ2) is 19.3. The molecule has 21 nitrogen and oxygen atoms in total. The minimum absolute atomic E-state index is 0.0403. The lowest BCUT2D eigenvalue weighted by molar-refractivity contribution is -0.384. The summed E-state index contributed by atoms with van der Waals surface area (Å²) >= 11 is 0. The normalized spacial score (nSPS) is 10.4. The number of non-ortho nitro benzene ring substituents is 2. The van der Waals surface area contributed by atoms with Crippen LogP contribution in [0.2, 0.25) is 0 Å². The molecule has 302 valence electrons. The fourth-order valence-electron chi connectivity index (χ4n) is 5.41. The van der Waals surface area contributed by atoms with Gasteiger partial charge in [-0.15, -0.1) is 20.4 Å². The number of hydrogen-bond donors (Lipinski definition) is 0. The van der Waals surface area contributed by atoms with Crippen molar-refractivity contribution in [1.29, 1.82) is 10.5 Å². The van der Waals surface area contributed by atoms with Crippen molar-refractivity contribution in [2.45, 2.75) is 80.3 Å². The van der Waals surface area contributed by atoms with E-state index in [2.05, 4.69) is 20.4 Å². The van der Waals surface area contributed by atoms with Crippen molar-refractivity contribution in [2.75, 3.05) is 0 Å². The monoisotopic (exact) mass is 797 g/mol. The quantitative estimate of drug-likeness (QED) is 0.0850. The number of aryl methyl sites for hydroxylation is 5. The molecule has 2 aromatic carbocycles. The Morgan fingerprint density at radius 2 is 1.07 bits per heavy atom. The number of nitrogens with zero attached hydrogens (tertiary/aromatic N) is 11. The first kappa shape index (κ1) is 43.1. The van der Waals surface area contributed by atoms with Crippen LogP contribution in [0.3, 0.4) is 0 Å². The molecule has 0 saturated carbocycles. The Balaban J connectivity index is 0.00000366. The highest BCUT2D eigenvalue weighted by molar-refractivity contribution is 5.78. The predicted molar refractivity (Wildman–Crippen MR) is 208 cm³/mol. The Bertz CT molecular complexity index is 2680. The highest BCUT2D eigenvalue weighted by Crippen LogP contribution is 2.22. The molecule has 5 aromatic rings. The second-order valence-corrected chi connectivity index (χ2v) is 12.2. The first-order chi connectivity index (χ1) is 27.8. The number of nitro benzene ring substituents is 2. The molecule has 58 heavy (non-hydrogen) atoms. The average Bonchev–Trinajstić information content (AvgIpc) is 3.20. The molecule has 0 spiro atoms. The summed E-state index contributed by atoms with van der Waals surface area (Å²) in [6.07, 6.45) is 2.18. The number of fused-ring (bicyclic) bond motifs is 4. The third-order valence-electron chi connectivity index (χ3n) is 8.44. The maximum absolute atomic E-state index is 13.7. The molecule has 0 N–H and O–H groups in total. The third-order valence-corrected chi connectivity index (χ3v) is 8.44. The number of benzene rings is 2. The van der Waals surface area contributed by atoms with E-state index in [1.807, 2.05) is 39.8 Å². The van der Waals surface area contributed by atoms with Gasteiger partial charge in [0.25, 0.3) is 33.9 Å². The SMILES string of the molecule is CC.CCCCn1c(=O)c(C#N)c(C)c2nnc3cc([N+](=O)[O-])ccc3ooc3ccc([N+](=O)[O-])cc3nnc3c(C)c(C#N)c(=O)n(CCCC)c3on(C)oc21. The average molecular weight is 798 g/mol. The maximum atomic E-state index is 13.7. The van der Waals surface area contributed by atoms with Gasteiger partial charge in [0.05, 0.1) is 16.9 Å². The Morgan fingerprint density at radius 3 is 1.40 bits per heavy atom. The molecular formula is C37H39N11O10. The highest BCUT2D eigenvalue weighted by Gasteiger charge is 2.19. The van der Waals surface area contributed by atoms with Gasteiger partial charge in [-0.1, -0.05) is 45.4 Å². The van der Waals surface area contributed by atoms with Crippen molar-refractivity contribution < 1.29 is 28.0 Å². The summed E-state index contributed by atoms with van der Waals surface area (Å²) in [5.41, 5.74) is -4.45. The Kier molecular flexibility index (Phi) is 14.3. The summed E-state index contributed by atoms with van der Waals surface area (Å²) in [5.74, 6) is 0. The first-order valence-electron chi connectivity index (χ1n) is 18.0. The van der Waals surface area contributed by atoms with Crippen LogP contribution in [0.4, 0.5) is 11.4 Å². The summed E-state index contributed by atoms with van der Waals surface area (Å²) in [4.78, 5) is 50.3. The number of pyridine rings is 2. The zero-order chi connectivity index (χ0) is 42.7. The van der Waals surface area contributed by atoms with Gasteiger partial charge in [-0.2, -0.15) is 10.5 Å². The standard InChI is InChI=1S/C35H33N11O10.C2H6/c1-6-8-14-43-32(47)24(18-36)20(3)30-34(43)53-42(5)54-35-31(21(4)25(19-37)33(48)44(35)15-9-7-2)41-39-27-17-23(46(51)52)11-13-29(27)56-55-28-12-10-22(45(49)50)16-26(28)38-40-30;1-2/h10-13,16-17H,6-9,14-15H2,1-5H3;1-2H3. The smallest absolute Gasteiger partial charge is 0.271 e. The molecule has 3 heterocycles. The summed E-state index contributed by atoms with van der Waals surface area (Å²) < 4.78 is 25.7. The summed E-state index contributed by atoms with van der Waals surface area (Å²) in [7, 11) is 1.29. The van der Waals surface area contributed by atoms with Gasteiger partial charge in [0.2, 0.25) is 11.2 Å². The van der Waals surface area contributed by atoms with Crippen molar-refractivity contribution in [3.8, 4) is 12.1 Å². The molecule has 0 unspecified atom stereocenters. The molecule has 0 radical (unpaired) electrons. The Labute approximate surface area is 327 Å². The van der Waals surface area contributed by atoms with Crippen LogP contribution in [-0.4, -0.2) is 44.3 Å². The van der Waals surface area contributed by atoms with Crippen molar-refractivity contribution in [3.05, 3.63) is 99.6 Å². The van der Waals surface area contributed by atoms with Gasteiger partial charge in [0.1, 0.15) is 34.3 Å². The van der Waals surface area contributed by atoms with Gasteiger partial charge in [0.15, 0.2) is 11.0 Å². The topological polar surface area (TPSA) is 287 Å². The highest BCUT2D eigenvalue weighted by atomic mass is 17.0. The fourth-order valence-corrected chi connectivity index (χ4v) is 5.41. The van der Waals surface area contributed by atoms with E-state index in [-0.39, 0.29) is 80.0 Å². The van der Waals surface area contributed by atoms with Crippen molar-refractivity contribution >= 4 is 56.0 Å². The van der Waals surface area contributed by atoms with E-state index >= 15 is 0 Å². The molecule has 0 aliphatic carbocycles. The fraction of sp³-hybridized carbons (Fsp3) is 0.351. The lowest BCUT2D eigenvalue weighted by atomic mass is 10.1. The molecule has 5 rings (SSSR count). The molecule has 3 aromatic heterocycles. The van der Waals surface area contributed by atoms with Gasteiger partial charge in [-0.25, -0.2) is 0 Å². The van der Waals surface area contributed by atoms with Crippen LogP contribution < -0.4 is 11.1 Å². The zero-order valence-corrected chi connectivity index (χ0v) is 32.7. The van der Waals surface area contributed by atoms with E-state index in [9.17, 15) is 40.3 Å². The minimum Gasteiger partial charge on any atom is -0.329 e. The molecule has 21 heteroatoms. The van der Waals surface area contributed by atoms with E-state index in [4.69, 9.17) is 18.2 Å². The van der Waals surface area contributed by atoms with E-state index in [0.717, 1.165) is 38.3 Å². The molecule has 0 atom stereocenters. The van der Waals surface area contributed by atoms with Crippen molar-refractivity contribution in [2.24, 2.45) is 7.05 Å². The van der Waals surface area contributed by atoms with Crippen LogP contribution in [0.5, 0.6) is 0 Å². The van der Waals surface area contributed by atoms with Gasteiger partial charge in [-0.05, 0) is 38.8 Å². The van der Waals surface area contributed by atoms with Crippen LogP contribution in [0.15, 0.2) is 64.2 Å². The molecule has 0 aliphatic rings. The number of nitriles is 2. The molecule has 0 aliphatic heterocycles. The van der Waals surface area contributed by atoms with Gasteiger partial charge in [-0.3, -0.25) is 48.1 Å². The lowest BCUT2D eigenvalue weighted by Gasteiger charge is -2.11. The lowest BCUT2D eigenvalue weighted by Crippen LogP contribution is -2.25. The third kappa shape index (κ3) is 9.05. The summed E-state index contributed by atoms with van der Waals surface area (Å²) in [5, 5.41) is 60.5. The van der Waals surface area contributed by atoms with Crippen molar-refractivity contribution in [1.82, 2.24) is 34.4 Å². The van der Waals surface area contributed by atoms with Crippen LogP contribution >= 0.6 is 0 Å². The number of hydrogen-bond acceptors (Lipinski definition) is 16. The number of rotatable bonds is 8. The van der Waals surface area contributed by atoms with Crippen LogP contribution in [0.1, 0.15) is 75.6 Å². The molecule has 0 saturated heterocycles. The van der Waals surface area contributed by atoms with Crippen molar-refractivity contribution in [3.63, 3.8) is 0 Å². The summed E-state index contributed by atoms with van der Waals surface area (Å²) in [6, 6.07) is 10.4. The first-order valence-corrected chi connectivity index (χ1v) is 18.0. The van der Waals surface area contributed by atoms with Crippen LogP contribution in [0.25, 0.3) is 44.7 Å². The van der Waals surface area contributed by atoms with E-state index in [1.54, 1.807) is 0 Å².